The summed E-state index contributed by atoms with van der Waals surface area (Å²) in [5, 5.41) is 20.4. The second-order valence-corrected chi connectivity index (χ2v) is 5.63. The van der Waals surface area contributed by atoms with Crippen LogP contribution in [0, 0.1) is 0 Å². The molecule has 8 heteroatoms. The van der Waals surface area contributed by atoms with E-state index >= 15 is 0 Å². The van der Waals surface area contributed by atoms with Crippen LogP contribution in [0.1, 0.15) is 25.6 Å². The van der Waals surface area contributed by atoms with E-state index in [4.69, 9.17) is 4.42 Å². The van der Waals surface area contributed by atoms with Crippen LogP contribution in [-0.2, 0) is 12.3 Å². The molecule has 0 N–H and O–H groups in total. The number of hydrogen-bond donors (Lipinski definition) is 0. The summed E-state index contributed by atoms with van der Waals surface area (Å²) in [5.74, 6) is 1.94. The minimum absolute atomic E-state index is 0.517. The van der Waals surface area contributed by atoms with Crippen molar-refractivity contribution in [1.82, 2.24) is 30.4 Å². The number of unbranched alkanes of at least 4 members (excludes halogenated alkanes) is 1. The van der Waals surface area contributed by atoms with Crippen molar-refractivity contribution in [2.24, 2.45) is 0 Å². The lowest BCUT2D eigenvalue weighted by Crippen LogP contribution is -2.04. The Bertz CT molecular complexity index is 711. The third kappa shape index (κ3) is 3.51. The van der Waals surface area contributed by atoms with E-state index in [-0.39, 0.29) is 0 Å². The van der Waals surface area contributed by atoms with Crippen LogP contribution >= 0.6 is 11.8 Å². The number of aromatic nitrogens is 6. The van der Waals surface area contributed by atoms with E-state index in [1.54, 1.807) is 0 Å². The molecular weight excluding hydrogens is 300 g/mol. The van der Waals surface area contributed by atoms with Crippen LogP contribution in [0.2, 0.25) is 0 Å². The average molecular weight is 316 g/mol. The van der Waals surface area contributed by atoms with Gasteiger partial charge < -0.3 is 4.42 Å². The van der Waals surface area contributed by atoms with Crippen molar-refractivity contribution in [3.8, 4) is 11.5 Å². The first-order chi connectivity index (χ1) is 10.9. The summed E-state index contributed by atoms with van der Waals surface area (Å²) in [7, 11) is 0. The first kappa shape index (κ1) is 14.7. The zero-order valence-electron chi connectivity index (χ0n) is 12.2. The molecule has 0 fully saturated rings. The van der Waals surface area contributed by atoms with Gasteiger partial charge in [-0.3, -0.25) is 0 Å². The van der Waals surface area contributed by atoms with Crippen molar-refractivity contribution in [1.29, 1.82) is 0 Å². The summed E-state index contributed by atoms with van der Waals surface area (Å²) in [6, 6.07) is 9.70. The van der Waals surface area contributed by atoms with Crippen LogP contribution < -0.4 is 0 Å². The molecule has 0 unspecified atom stereocenters. The molecule has 0 radical (unpaired) electrons. The maximum Gasteiger partial charge on any atom is 0.277 e. The molecule has 3 aromatic rings. The third-order valence-electron chi connectivity index (χ3n) is 3.08. The van der Waals surface area contributed by atoms with Gasteiger partial charge in [-0.25, -0.2) is 4.68 Å². The third-order valence-corrected chi connectivity index (χ3v) is 3.90. The lowest BCUT2D eigenvalue weighted by atomic mass is 10.2. The van der Waals surface area contributed by atoms with Crippen LogP contribution in [0.3, 0.4) is 0 Å². The zero-order chi connectivity index (χ0) is 15.2. The fourth-order valence-electron chi connectivity index (χ4n) is 1.90. The molecule has 0 saturated heterocycles. The van der Waals surface area contributed by atoms with Gasteiger partial charge in [-0.2, -0.15) is 0 Å². The summed E-state index contributed by atoms with van der Waals surface area (Å²) in [6.07, 6.45) is 2.16. The van der Waals surface area contributed by atoms with Gasteiger partial charge >= 0.3 is 0 Å². The van der Waals surface area contributed by atoms with Gasteiger partial charge in [-0.15, -0.1) is 15.3 Å². The lowest BCUT2D eigenvalue weighted by Gasteiger charge is -2.01. The average Bonchev–Trinajstić information content (AvgIpc) is 3.21. The standard InChI is InChI=1S/C14H16N6OS/c1-2-3-9-20-12(15-18-19-20)10-22-14-17-16-13(21-14)11-7-5-4-6-8-11/h4-8H,2-3,9-10H2,1H3. The van der Waals surface area contributed by atoms with E-state index in [1.807, 2.05) is 35.0 Å². The molecule has 0 spiro atoms. The summed E-state index contributed by atoms with van der Waals surface area (Å²) >= 11 is 1.44. The SMILES string of the molecule is CCCCn1nnnc1CSc1nnc(-c2ccccc2)o1. The minimum Gasteiger partial charge on any atom is -0.411 e. The van der Waals surface area contributed by atoms with Crippen LogP contribution in [0.25, 0.3) is 11.5 Å². The Balaban J connectivity index is 1.63. The fraction of sp³-hybridized carbons (Fsp3) is 0.357. The van der Waals surface area contributed by atoms with Crippen molar-refractivity contribution in [2.45, 2.75) is 37.3 Å². The zero-order valence-corrected chi connectivity index (χ0v) is 13.0. The first-order valence-corrected chi connectivity index (χ1v) is 8.12. The van der Waals surface area contributed by atoms with Gasteiger partial charge in [0.25, 0.3) is 5.22 Å². The van der Waals surface area contributed by atoms with Crippen LogP contribution in [-0.4, -0.2) is 30.4 Å². The summed E-state index contributed by atoms with van der Waals surface area (Å²) in [6.45, 7) is 2.97. The van der Waals surface area contributed by atoms with E-state index in [0.717, 1.165) is 30.8 Å². The normalized spacial score (nSPS) is 11.0. The number of hydrogen-bond acceptors (Lipinski definition) is 7. The van der Waals surface area contributed by atoms with Crippen LogP contribution in [0.15, 0.2) is 40.0 Å². The van der Waals surface area contributed by atoms with Gasteiger partial charge in [0, 0.05) is 12.1 Å². The maximum absolute atomic E-state index is 5.65. The molecule has 0 saturated carbocycles. The Morgan fingerprint density at radius 3 is 2.82 bits per heavy atom. The van der Waals surface area contributed by atoms with Gasteiger partial charge in [-0.1, -0.05) is 43.3 Å². The van der Waals surface area contributed by atoms with E-state index < -0.39 is 0 Å². The van der Waals surface area contributed by atoms with Crippen molar-refractivity contribution in [3.63, 3.8) is 0 Å². The van der Waals surface area contributed by atoms with Crippen LogP contribution in [0.4, 0.5) is 0 Å². The van der Waals surface area contributed by atoms with Crippen molar-refractivity contribution < 1.29 is 4.42 Å². The molecule has 0 atom stereocenters. The molecular formula is C14H16N6OS. The van der Waals surface area contributed by atoms with Gasteiger partial charge in [-0.05, 0) is 29.0 Å². The quantitative estimate of drug-likeness (QED) is 0.620. The molecule has 0 amide bonds. The van der Waals surface area contributed by atoms with Gasteiger partial charge in [0.1, 0.15) is 0 Å². The van der Waals surface area contributed by atoms with Gasteiger partial charge in [0.2, 0.25) is 5.89 Å². The number of thioether (sulfide) groups is 1. The maximum atomic E-state index is 5.65. The Kier molecular flexibility index (Phi) is 4.79. The van der Waals surface area contributed by atoms with Gasteiger partial charge in [0.05, 0.1) is 5.75 Å². The number of benzene rings is 1. The highest BCUT2D eigenvalue weighted by molar-refractivity contribution is 7.98. The second-order valence-electron chi connectivity index (χ2n) is 4.70. The van der Waals surface area contributed by atoms with Crippen molar-refractivity contribution >= 4 is 11.8 Å². The van der Waals surface area contributed by atoms with E-state index in [1.165, 1.54) is 11.8 Å². The second kappa shape index (κ2) is 7.17. The molecule has 3 rings (SSSR count). The Morgan fingerprint density at radius 2 is 2.00 bits per heavy atom. The monoisotopic (exact) mass is 316 g/mol. The minimum atomic E-state index is 0.517. The van der Waals surface area contributed by atoms with Crippen molar-refractivity contribution in [2.75, 3.05) is 0 Å². The molecule has 2 heterocycles. The highest BCUT2D eigenvalue weighted by Crippen LogP contribution is 2.24. The van der Waals surface area contributed by atoms with Gasteiger partial charge in [0.15, 0.2) is 5.82 Å². The highest BCUT2D eigenvalue weighted by Gasteiger charge is 2.11. The fourth-order valence-corrected chi connectivity index (χ4v) is 2.60. The molecule has 7 nitrogen and oxygen atoms in total. The largest absolute Gasteiger partial charge is 0.411 e. The van der Waals surface area contributed by atoms with Crippen molar-refractivity contribution in [3.05, 3.63) is 36.2 Å². The summed E-state index contributed by atoms with van der Waals surface area (Å²) < 4.78 is 7.48. The Hall–Kier alpha value is -2.22. The van der Waals surface area contributed by atoms with Crippen LogP contribution in [0.5, 0.6) is 0 Å². The molecule has 1 aromatic carbocycles. The smallest absolute Gasteiger partial charge is 0.277 e. The predicted octanol–water partition coefficient (Wildman–Crippen LogP) is 2.82. The Labute approximate surface area is 132 Å². The highest BCUT2D eigenvalue weighted by atomic mass is 32.2. The molecule has 22 heavy (non-hydrogen) atoms. The Morgan fingerprint density at radius 1 is 1.14 bits per heavy atom. The molecule has 0 aliphatic heterocycles. The topological polar surface area (TPSA) is 82.5 Å². The molecule has 2 aromatic heterocycles. The number of nitrogens with zero attached hydrogens (tertiary/aromatic N) is 6. The molecule has 0 bridgehead atoms. The number of tetrazole rings is 1. The predicted molar refractivity (Wildman–Crippen MR) is 82.0 cm³/mol. The molecule has 114 valence electrons. The number of aryl methyl sites for hydroxylation is 1. The van der Waals surface area contributed by atoms with E-state index in [2.05, 4.69) is 32.6 Å². The van der Waals surface area contributed by atoms with E-state index in [9.17, 15) is 0 Å². The first-order valence-electron chi connectivity index (χ1n) is 7.13. The summed E-state index contributed by atoms with van der Waals surface area (Å²) in [5.41, 5.74) is 0.912. The summed E-state index contributed by atoms with van der Waals surface area (Å²) in [4.78, 5) is 0. The molecule has 0 aliphatic carbocycles. The van der Waals surface area contributed by atoms with E-state index in [0.29, 0.717) is 16.9 Å². The number of rotatable bonds is 7. The molecule has 0 aliphatic rings. The lowest BCUT2D eigenvalue weighted by molar-refractivity contribution is 0.465.